The maximum Gasteiger partial charge on any atom is 0.265 e. The first kappa shape index (κ1) is 16.7. The van der Waals surface area contributed by atoms with Crippen LogP contribution in [0.1, 0.15) is 5.56 Å². The van der Waals surface area contributed by atoms with Crippen LogP contribution in [0.2, 0.25) is 5.02 Å². The van der Waals surface area contributed by atoms with E-state index < -0.39 is 15.9 Å². The third kappa shape index (κ3) is 4.43. The summed E-state index contributed by atoms with van der Waals surface area (Å²) in [5.74, 6) is -0.731. The summed E-state index contributed by atoms with van der Waals surface area (Å²) >= 11 is 8.90. The molecule has 4 nitrogen and oxygen atoms in total. The summed E-state index contributed by atoms with van der Waals surface area (Å²) in [6, 6.07) is 13.0. The molecule has 1 amide bonds. The van der Waals surface area contributed by atoms with E-state index in [0.717, 1.165) is 11.6 Å². The van der Waals surface area contributed by atoms with E-state index >= 15 is 0 Å². The van der Waals surface area contributed by atoms with E-state index in [-0.39, 0.29) is 4.90 Å². The summed E-state index contributed by atoms with van der Waals surface area (Å²) < 4.78 is 26.6. The molecule has 2 rings (SSSR count). The van der Waals surface area contributed by atoms with Crippen molar-refractivity contribution in [2.75, 3.05) is 0 Å². The first-order valence-electron chi connectivity index (χ1n) is 6.13. The highest BCUT2D eigenvalue weighted by Crippen LogP contribution is 2.20. The van der Waals surface area contributed by atoms with Crippen LogP contribution in [-0.4, -0.2) is 14.3 Å². The van der Waals surface area contributed by atoms with E-state index in [1.165, 1.54) is 12.1 Å². The molecule has 0 unspecified atom stereocenters. The molecule has 0 aliphatic carbocycles. The summed E-state index contributed by atoms with van der Waals surface area (Å²) in [6.07, 6.45) is 2.65. The predicted octanol–water partition coefficient (Wildman–Crippen LogP) is 3.62. The van der Waals surface area contributed by atoms with Crippen LogP contribution in [0.5, 0.6) is 0 Å². The Morgan fingerprint density at radius 2 is 1.73 bits per heavy atom. The van der Waals surface area contributed by atoms with Gasteiger partial charge in [-0.25, -0.2) is 13.1 Å². The molecule has 0 aromatic heterocycles. The molecule has 2 aromatic carbocycles. The summed E-state index contributed by atoms with van der Waals surface area (Å²) in [6.45, 7) is 0. The number of benzene rings is 2. The highest BCUT2D eigenvalue weighted by Gasteiger charge is 2.18. The molecule has 114 valence electrons. The number of sulfonamides is 1. The zero-order valence-corrected chi connectivity index (χ0v) is 14.3. The monoisotopic (exact) mass is 399 g/mol. The minimum Gasteiger partial charge on any atom is -0.269 e. The van der Waals surface area contributed by atoms with E-state index in [1.54, 1.807) is 42.5 Å². The number of rotatable bonds is 4. The van der Waals surface area contributed by atoms with Crippen LogP contribution in [0, 0.1) is 0 Å². The lowest BCUT2D eigenvalue weighted by Crippen LogP contribution is -2.29. The second-order valence-electron chi connectivity index (χ2n) is 4.29. The van der Waals surface area contributed by atoms with Gasteiger partial charge < -0.3 is 0 Å². The summed E-state index contributed by atoms with van der Waals surface area (Å²) in [5.41, 5.74) is 0.734. The topological polar surface area (TPSA) is 63.2 Å². The van der Waals surface area contributed by atoms with Gasteiger partial charge in [-0.05, 0) is 51.8 Å². The first-order chi connectivity index (χ1) is 10.4. The smallest absolute Gasteiger partial charge is 0.265 e. The van der Waals surface area contributed by atoms with Crippen molar-refractivity contribution in [3.63, 3.8) is 0 Å². The predicted molar refractivity (Wildman–Crippen MR) is 90.0 cm³/mol. The Bertz CT molecular complexity index is 817. The van der Waals surface area contributed by atoms with Gasteiger partial charge in [0, 0.05) is 15.6 Å². The molecule has 0 spiro atoms. The molecule has 0 saturated carbocycles. The van der Waals surface area contributed by atoms with Gasteiger partial charge in [0.25, 0.3) is 15.9 Å². The molecule has 22 heavy (non-hydrogen) atoms. The van der Waals surface area contributed by atoms with E-state index in [2.05, 4.69) is 15.9 Å². The fraction of sp³-hybridized carbons (Fsp3) is 0. The van der Waals surface area contributed by atoms with Gasteiger partial charge in [0.15, 0.2) is 0 Å². The Hall–Kier alpha value is -1.63. The van der Waals surface area contributed by atoms with Crippen LogP contribution in [0.15, 0.2) is 64.0 Å². The number of nitrogens with one attached hydrogen (secondary N) is 1. The van der Waals surface area contributed by atoms with Crippen LogP contribution < -0.4 is 4.72 Å². The normalized spacial score (nSPS) is 11.5. The largest absolute Gasteiger partial charge is 0.269 e. The number of hydrogen-bond acceptors (Lipinski definition) is 3. The zero-order valence-electron chi connectivity index (χ0n) is 11.2. The van der Waals surface area contributed by atoms with Crippen molar-refractivity contribution in [3.05, 3.63) is 69.7 Å². The Balaban J connectivity index is 2.11. The molecule has 0 heterocycles. The van der Waals surface area contributed by atoms with Crippen molar-refractivity contribution in [2.45, 2.75) is 4.90 Å². The maximum absolute atomic E-state index is 12.1. The summed E-state index contributed by atoms with van der Waals surface area (Å²) in [7, 11) is -3.92. The molecular formula is C15H11BrClNO3S. The van der Waals surface area contributed by atoms with Crippen molar-refractivity contribution in [1.82, 2.24) is 4.72 Å². The van der Waals surface area contributed by atoms with Crippen molar-refractivity contribution in [3.8, 4) is 0 Å². The maximum atomic E-state index is 12.1. The Labute approximate surface area is 142 Å². The quantitative estimate of drug-likeness (QED) is 0.797. The highest BCUT2D eigenvalue weighted by molar-refractivity contribution is 9.10. The molecule has 2 aromatic rings. The molecule has 0 fully saturated rings. The van der Waals surface area contributed by atoms with Crippen LogP contribution in [0.25, 0.3) is 6.08 Å². The molecule has 0 atom stereocenters. The molecule has 0 aliphatic heterocycles. The van der Waals surface area contributed by atoms with Crippen molar-refractivity contribution in [1.29, 1.82) is 0 Å². The van der Waals surface area contributed by atoms with Crippen molar-refractivity contribution < 1.29 is 13.2 Å². The van der Waals surface area contributed by atoms with Crippen molar-refractivity contribution >= 4 is 49.5 Å². The van der Waals surface area contributed by atoms with Gasteiger partial charge in [0.2, 0.25) is 0 Å². The van der Waals surface area contributed by atoms with Gasteiger partial charge in [0.1, 0.15) is 4.90 Å². The molecule has 0 aliphatic rings. The van der Waals surface area contributed by atoms with Crippen LogP contribution >= 0.6 is 27.5 Å². The van der Waals surface area contributed by atoms with Crippen LogP contribution in [0.3, 0.4) is 0 Å². The van der Waals surface area contributed by atoms with Gasteiger partial charge >= 0.3 is 0 Å². The third-order valence-electron chi connectivity index (χ3n) is 2.66. The lowest BCUT2D eigenvalue weighted by Gasteiger charge is -2.06. The number of carbonyl (C=O) groups excluding carboxylic acids is 1. The van der Waals surface area contributed by atoms with E-state index in [1.807, 2.05) is 4.72 Å². The van der Waals surface area contributed by atoms with Gasteiger partial charge in [0.05, 0.1) is 0 Å². The fourth-order valence-electron chi connectivity index (χ4n) is 1.63. The molecule has 0 radical (unpaired) electrons. The molecule has 0 saturated heterocycles. The minimum absolute atomic E-state index is 0.00300. The van der Waals surface area contributed by atoms with Crippen molar-refractivity contribution in [2.24, 2.45) is 0 Å². The average molecular weight is 401 g/mol. The van der Waals surface area contributed by atoms with E-state index in [9.17, 15) is 13.2 Å². The second kappa shape index (κ2) is 7.09. The first-order valence-corrected chi connectivity index (χ1v) is 8.79. The van der Waals surface area contributed by atoms with Gasteiger partial charge in [-0.1, -0.05) is 35.9 Å². The van der Waals surface area contributed by atoms with Gasteiger partial charge in [-0.2, -0.15) is 0 Å². The van der Waals surface area contributed by atoms with Crippen LogP contribution in [0.4, 0.5) is 0 Å². The summed E-state index contributed by atoms with van der Waals surface area (Å²) in [4.78, 5) is 11.8. The molecule has 1 N–H and O–H groups in total. The van der Waals surface area contributed by atoms with Gasteiger partial charge in [-0.3, -0.25) is 4.79 Å². The van der Waals surface area contributed by atoms with Gasteiger partial charge in [-0.15, -0.1) is 0 Å². The highest BCUT2D eigenvalue weighted by atomic mass is 79.9. The molecule has 7 heteroatoms. The standard InChI is InChI=1S/C15H11BrClNO3S/c16-13-3-1-2-4-14(13)22(20,21)18-15(19)10-7-11-5-8-12(17)9-6-11/h1-10H,(H,18,19)/b10-7+. The number of amides is 1. The lowest BCUT2D eigenvalue weighted by molar-refractivity contribution is -0.114. The molecule has 0 bridgehead atoms. The number of hydrogen-bond donors (Lipinski definition) is 1. The number of halogens is 2. The number of carbonyl (C=O) groups is 1. The Morgan fingerprint density at radius 3 is 2.36 bits per heavy atom. The Kier molecular flexibility index (Phi) is 5.39. The SMILES string of the molecule is O=C(/C=C/c1ccc(Cl)cc1)NS(=O)(=O)c1ccccc1Br. The molecular weight excluding hydrogens is 390 g/mol. The second-order valence-corrected chi connectivity index (χ2v) is 7.23. The average Bonchev–Trinajstić information content (AvgIpc) is 2.46. The lowest BCUT2D eigenvalue weighted by atomic mass is 10.2. The van der Waals surface area contributed by atoms with E-state index in [4.69, 9.17) is 11.6 Å². The van der Waals surface area contributed by atoms with Crippen LogP contribution in [-0.2, 0) is 14.8 Å². The third-order valence-corrected chi connectivity index (χ3v) is 5.27. The zero-order chi connectivity index (χ0) is 16.2. The minimum atomic E-state index is -3.92. The summed E-state index contributed by atoms with van der Waals surface area (Å²) in [5, 5.41) is 0.582. The fourth-order valence-corrected chi connectivity index (χ4v) is 3.71. The van der Waals surface area contributed by atoms with E-state index in [0.29, 0.717) is 9.50 Å². The Morgan fingerprint density at radius 1 is 1.09 bits per heavy atom.